The van der Waals surface area contributed by atoms with Crippen LogP contribution in [0.5, 0.6) is 5.75 Å². The van der Waals surface area contributed by atoms with Gasteiger partial charge in [0.15, 0.2) is 0 Å². The fraction of sp³-hybridized carbons (Fsp3) is 0.357. The first-order valence-electron chi connectivity index (χ1n) is 12.0. The first kappa shape index (κ1) is 25.3. The summed E-state index contributed by atoms with van der Waals surface area (Å²) in [6.07, 6.45) is 1.89. The monoisotopic (exact) mass is 510 g/mol. The van der Waals surface area contributed by atoms with Crippen molar-refractivity contribution in [1.29, 1.82) is 0 Å². The molecule has 0 N–H and O–H groups in total. The van der Waals surface area contributed by atoms with Gasteiger partial charge in [-0.25, -0.2) is 0 Å². The summed E-state index contributed by atoms with van der Waals surface area (Å²) in [6, 6.07) is 18.8. The number of hydrogen-bond donors (Lipinski definition) is 0. The Morgan fingerprint density at radius 2 is 1.89 bits per heavy atom. The zero-order valence-electron chi connectivity index (χ0n) is 20.2. The maximum atomic E-state index is 13.6. The highest BCUT2D eigenvalue weighted by molar-refractivity contribution is 7.10. The molecule has 1 aliphatic rings. The van der Waals surface area contributed by atoms with Gasteiger partial charge in [-0.2, -0.15) is 0 Å². The van der Waals surface area contributed by atoms with Crippen molar-refractivity contribution in [3.05, 3.63) is 87.1 Å². The van der Waals surface area contributed by atoms with E-state index in [-0.39, 0.29) is 36.9 Å². The third kappa shape index (κ3) is 6.24. The Labute approximate surface area is 216 Å². The van der Waals surface area contributed by atoms with Crippen molar-refractivity contribution in [2.75, 3.05) is 19.7 Å². The summed E-state index contributed by atoms with van der Waals surface area (Å²) < 4.78 is 6.08. The molecule has 2 amide bonds. The minimum Gasteiger partial charge on any atom is -0.491 e. The fourth-order valence-corrected chi connectivity index (χ4v) is 5.45. The van der Waals surface area contributed by atoms with Crippen LogP contribution < -0.4 is 4.74 Å². The van der Waals surface area contributed by atoms with Crippen LogP contribution in [0.2, 0.25) is 5.02 Å². The number of carbonyl (C=O) groups is 2. The molecule has 5 nitrogen and oxygen atoms in total. The lowest BCUT2D eigenvalue weighted by atomic mass is 10.00. The number of fused-ring (bicyclic) bond motifs is 1. The zero-order valence-corrected chi connectivity index (χ0v) is 21.7. The molecule has 0 bridgehead atoms. The Hall–Kier alpha value is -2.83. The van der Waals surface area contributed by atoms with Crippen molar-refractivity contribution < 1.29 is 14.3 Å². The van der Waals surface area contributed by atoms with Gasteiger partial charge in [0, 0.05) is 22.5 Å². The predicted octanol–water partition coefficient (Wildman–Crippen LogP) is 5.78. The highest BCUT2D eigenvalue weighted by Crippen LogP contribution is 2.34. The number of benzene rings is 2. The number of carbonyl (C=O) groups excluding carboxylic acids is 2. The summed E-state index contributed by atoms with van der Waals surface area (Å²) >= 11 is 7.72. The van der Waals surface area contributed by atoms with Crippen molar-refractivity contribution >= 4 is 34.8 Å². The SMILES string of the molecule is CC[C@H](C)N(CC(=O)N1CCc2sccc2[C@H]1COc1ccc(Cl)cc1)C(=O)Cc1ccccc1. The average molecular weight is 511 g/mol. The predicted molar refractivity (Wildman–Crippen MR) is 141 cm³/mol. The zero-order chi connectivity index (χ0) is 24.8. The van der Waals surface area contributed by atoms with E-state index < -0.39 is 0 Å². The molecule has 0 spiro atoms. The summed E-state index contributed by atoms with van der Waals surface area (Å²) in [5.74, 6) is 0.637. The van der Waals surface area contributed by atoms with E-state index in [1.165, 1.54) is 4.88 Å². The van der Waals surface area contributed by atoms with Gasteiger partial charge in [0.25, 0.3) is 0 Å². The van der Waals surface area contributed by atoms with E-state index in [4.69, 9.17) is 16.3 Å². The van der Waals surface area contributed by atoms with E-state index >= 15 is 0 Å². The Kier molecular flexibility index (Phi) is 8.47. The van der Waals surface area contributed by atoms with Gasteiger partial charge in [-0.05, 0) is 66.6 Å². The standard InChI is InChI=1S/C28H31ClN2O3S/c1-3-20(2)31(27(32)17-21-7-5-4-6-8-21)18-28(33)30-15-13-26-24(14-16-35-26)25(30)19-34-23-11-9-22(29)10-12-23/h4-12,14,16,20,25H,3,13,15,17-19H2,1-2H3/t20-,25+/m0/s1. The summed E-state index contributed by atoms with van der Waals surface area (Å²) in [6.45, 7) is 5.07. The molecule has 35 heavy (non-hydrogen) atoms. The molecule has 3 aromatic rings. The Morgan fingerprint density at radius 3 is 2.60 bits per heavy atom. The third-order valence-corrected chi connectivity index (χ3v) is 7.83. The van der Waals surface area contributed by atoms with Crippen LogP contribution in [0.15, 0.2) is 66.0 Å². The molecular formula is C28H31ClN2O3S. The second-order valence-corrected chi connectivity index (χ2v) is 10.3. The highest BCUT2D eigenvalue weighted by Gasteiger charge is 2.34. The Balaban J connectivity index is 1.50. The molecule has 2 heterocycles. The van der Waals surface area contributed by atoms with Crippen molar-refractivity contribution in [3.63, 3.8) is 0 Å². The lowest BCUT2D eigenvalue weighted by Gasteiger charge is -2.38. The number of rotatable bonds is 9. The number of nitrogens with zero attached hydrogens (tertiary/aromatic N) is 2. The van der Waals surface area contributed by atoms with E-state index in [9.17, 15) is 9.59 Å². The van der Waals surface area contributed by atoms with Crippen LogP contribution in [0.25, 0.3) is 0 Å². The average Bonchev–Trinajstić information content (AvgIpc) is 3.36. The minimum absolute atomic E-state index is 0.0268. The van der Waals surface area contributed by atoms with Gasteiger partial charge in [-0.1, -0.05) is 48.9 Å². The van der Waals surface area contributed by atoms with Gasteiger partial charge in [0.2, 0.25) is 11.8 Å². The maximum absolute atomic E-state index is 13.6. The first-order chi connectivity index (χ1) is 17.0. The molecule has 0 aliphatic carbocycles. The topological polar surface area (TPSA) is 49.9 Å². The normalized spacial score (nSPS) is 15.9. The van der Waals surface area contributed by atoms with Crippen LogP contribution in [-0.4, -0.2) is 47.4 Å². The second kappa shape index (κ2) is 11.7. The number of hydrogen-bond acceptors (Lipinski definition) is 4. The van der Waals surface area contributed by atoms with Crippen LogP contribution in [0.4, 0.5) is 0 Å². The third-order valence-electron chi connectivity index (χ3n) is 6.58. The van der Waals surface area contributed by atoms with Crippen molar-refractivity contribution in [2.45, 2.75) is 45.2 Å². The number of ether oxygens (including phenoxy) is 1. The smallest absolute Gasteiger partial charge is 0.242 e. The molecule has 0 saturated heterocycles. The van der Waals surface area contributed by atoms with Crippen molar-refractivity contribution in [1.82, 2.24) is 9.80 Å². The molecular weight excluding hydrogens is 480 g/mol. The molecule has 2 aromatic carbocycles. The van der Waals surface area contributed by atoms with Gasteiger partial charge in [0.1, 0.15) is 18.9 Å². The van der Waals surface area contributed by atoms with Crippen LogP contribution in [0.3, 0.4) is 0 Å². The largest absolute Gasteiger partial charge is 0.491 e. The first-order valence-corrected chi connectivity index (χ1v) is 13.3. The van der Waals surface area contributed by atoms with Gasteiger partial charge >= 0.3 is 0 Å². The highest BCUT2D eigenvalue weighted by atomic mass is 35.5. The van der Waals surface area contributed by atoms with Gasteiger partial charge in [0.05, 0.1) is 12.5 Å². The summed E-state index contributed by atoms with van der Waals surface area (Å²) in [5.41, 5.74) is 2.09. The summed E-state index contributed by atoms with van der Waals surface area (Å²) in [7, 11) is 0. The van der Waals surface area contributed by atoms with E-state index in [2.05, 4.69) is 11.4 Å². The van der Waals surface area contributed by atoms with E-state index in [0.29, 0.717) is 23.9 Å². The lowest BCUT2D eigenvalue weighted by Crippen LogP contribution is -2.50. The number of halogens is 1. The Bertz CT molecular complexity index is 1130. The fourth-order valence-electron chi connectivity index (χ4n) is 4.40. The molecule has 0 saturated carbocycles. The second-order valence-electron chi connectivity index (χ2n) is 8.86. The molecule has 1 aromatic heterocycles. The molecule has 0 unspecified atom stereocenters. The quantitative estimate of drug-likeness (QED) is 0.367. The van der Waals surface area contributed by atoms with Crippen LogP contribution >= 0.6 is 22.9 Å². The van der Waals surface area contributed by atoms with Gasteiger partial charge < -0.3 is 14.5 Å². The van der Waals surface area contributed by atoms with E-state index in [1.807, 2.05) is 61.2 Å². The Morgan fingerprint density at radius 1 is 1.14 bits per heavy atom. The van der Waals surface area contributed by atoms with E-state index in [0.717, 1.165) is 24.0 Å². The summed E-state index contributed by atoms with van der Waals surface area (Å²) in [4.78, 5) is 31.8. The van der Waals surface area contributed by atoms with Gasteiger partial charge in [-0.15, -0.1) is 11.3 Å². The molecule has 7 heteroatoms. The number of amides is 2. The summed E-state index contributed by atoms with van der Waals surface area (Å²) in [5, 5.41) is 2.72. The van der Waals surface area contributed by atoms with Crippen LogP contribution in [-0.2, 0) is 22.4 Å². The molecule has 184 valence electrons. The minimum atomic E-state index is -0.198. The van der Waals surface area contributed by atoms with E-state index in [1.54, 1.807) is 28.4 Å². The molecule has 0 fully saturated rings. The maximum Gasteiger partial charge on any atom is 0.242 e. The van der Waals surface area contributed by atoms with Crippen LogP contribution in [0.1, 0.15) is 42.3 Å². The molecule has 2 atom stereocenters. The lowest BCUT2D eigenvalue weighted by molar-refractivity contribution is -0.144. The van der Waals surface area contributed by atoms with Crippen molar-refractivity contribution in [2.24, 2.45) is 0 Å². The number of thiophene rings is 1. The molecule has 4 rings (SSSR count). The van der Waals surface area contributed by atoms with Crippen molar-refractivity contribution in [3.8, 4) is 5.75 Å². The van der Waals surface area contributed by atoms with Gasteiger partial charge in [-0.3, -0.25) is 9.59 Å². The van der Waals surface area contributed by atoms with Crippen LogP contribution in [0, 0.1) is 0 Å². The molecule has 1 aliphatic heterocycles. The molecule has 0 radical (unpaired) electrons.